The van der Waals surface area contributed by atoms with Crippen molar-refractivity contribution in [2.75, 3.05) is 18.9 Å². The van der Waals surface area contributed by atoms with Gasteiger partial charge in [-0.1, -0.05) is 6.07 Å². The van der Waals surface area contributed by atoms with Crippen LogP contribution in [0.5, 0.6) is 0 Å². The number of pyridine rings is 1. The van der Waals surface area contributed by atoms with Gasteiger partial charge in [-0.25, -0.2) is 13.2 Å². The molecule has 0 aromatic carbocycles. The van der Waals surface area contributed by atoms with Crippen LogP contribution in [-0.2, 0) is 30.9 Å². The zero-order chi connectivity index (χ0) is 21.7. The second kappa shape index (κ2) is 9.83. The van der Waals surface area contributed by atoms with E-state index in [2.05, 4.69) is 4.98 Å². The van der Waals surface area contributed by atoms with E-state index in [4.69, 9.17) is 19.4 Å². The summed E-state index contributed by atoms with van der Waals surface area (Å²) in [7, 11) is -3.23. The van der Waals surface area contributed by atoms with Gasteiger partial charge in [0, 0.05) is 18.9 Å². The molecule has 1 saturated heterocycles. The van der Waals surface area contributed by atoms with Crippen LogP contribution in [-0.4, -0.2) is 72.1 Å². The molecule has 1 N–H and O–H groups in total. The first kappa shape index (κ1) is 23.5. The number of aliphatic carboxylic acids is 1. The van der Waals surface area contributed by atoms with Crippen molar-refractivity contribution in [1.29, 1.82) is 0 Å². The standard InChI is InChI=1S/C15H22N2O4S.C2HF3O2/c1-2-22(18,19)17-8-9-20-14-6-5-13(17)15(14)21-11-12-4-3-7-16-10-12;3-2(4,5)1(6)7/h3-4,7,10,13-15H,2,5-6,8-9,11H2,1H3;(H,6,7). The van der Waals surface area contributed by atoms with Crippen molar-refractivity contribution in [3.05, 3.63) is 30.1 Å². The summed E-state index contributed by atoms with van der Waals surface area (Å²) in [6.45, 7) is 2.96. The smallest absolute Gasteiger partial charge is 0.475 e. The van der Waals surface area contributed by atoms with Gasteiger partial charge in [-0.15, -0.1) is 0 Å². The Morgan fingerprint density at radius 3 is 2.66 bits per heavy atom. The molecule has 3 atom stereocenters. The van der Waals surface area contributed by atoms with E-state index in [0.29, 0.717) is 19.8 Å². The number of carbonyl (C=O) groups is 1. The second-order valence-electron chi connectivity index (χ2n) is 6.51. The van der Waals surface area contributed by atoms with E-state index >= 15 is 0 Å². The number of rotatable bonds is 5. The van der Waals surface area contributed by atoms with Gasteiger partial charge in [-0.2, -0.15) is 17.5 Å². The monoisotopic (exact) mass is 440 g/mol. The summed E-state index contributed by atoms with van der Waals surface area (Å²) < 4.78 is 69.8. The molecule has 2 aliphatic rings. The van der Waals surface area contributed by atoms with Crippen molar-refractivity contribution >= 4 is 16.0 Å². The summed E-state index contributed by atoms with van der Waals surface area (Å²) in [5, 5.41) is 7.12. The van der Waals surface area contributed by atoms with Crippen LogP contribution in [0.3, 0.4) is 0 Å². The molecule has 3 rings (SSSR count). The summed E-state index contributed by atoms with van der Waals surface area (Å²) in [5.74, 6) is -2.64. The van der Waals surface area contributed by atoms with E-state index in [-0.39, 0.29) is 24.0 Å². The lowest BCUT2D eigenvalue weighted by Crippen LogP contribution is -2.46. The number of carboxylic acid groups (broad SMARTS) is 1. The van der Waals surface area contributed by atoms with Crippen LogP contribution in [0.4, 0.5) is 13.2 Å². The first-order valence-electron chi connectivity index (χ1n) is 8.98. The fraction of sp³-hybridized carbons (Fsp3) is 0.647. The highest BCUT2D eigenvalue weighted by Gasteiger charge is 2.46. The van der Waals surface area contributed by atoms with Crippen molar-refractivity contribution < 1.29 is 41.0 Å². The Morgan fingerprint density at radius 2 is 2.10 bits per heavy atom. The van der Waals surface area contributed by atoms with Crippen LogP contribution in [0.2, 0.25) is 0 Å². The van der Waals surface area contributed by atoms with Gasteiger partial charge < -0.3 is 14.6 Å². The van der Waals surface area contributed by atoms with Crippen molar-refractivity contribution in [2.45, 2.75) is 50.8 Å². The normalized spacial score (nSPS) is 25.0. The molecular weight excluding hydrogens is 417 g/mol. The number of fused-ring (bicyclic) bond motifs is 2. The Bertz CT molecular complexity index is 775. The van der Waals surface area contributed by atoms with E-state index in [1.54, 1.807) is 23.6 Å². The third-order valence-electron chi connectivity index (χ3n) is 4.64. The van der Waals surface area contributed by atoms with Crippen LogP contribution >= 0.6 is 0 Å². The van der Waals surface area contributed by atoms with Crippen LogP contribution < -0.4 is 0 Å². The predicted octanol–water partition coefficient (Wildman–Crippen LogP) is 1.81. The molecule has 12 heteroatoms. The van der Waals surface area contributed by atoms with Crippen molar-refractivity contribution in [3.8, 4) is 0 Å². The molecule has 0 radical (unpaired) electrons. The number of halogens is 3. The summed E-state index contributed by atoms with van der Waals surface area (Å²) in [5.41, 5.74) is 0.982. The molecule has 2 bridgehead atoms. The van der Waals surface area contributed by atoms with Crippen molar-refractivity contribution in [1.82, 2.24) is 9.29 Å². The van der Waals surface area contributed by atoms with Gasteiger partial charge in [-0.3, -0.25) is 4.98 Å². The molecule has 1 aromatic rings. The number of nitrogens with zero attached hydrogens (tertiary/aromatic N) is 2. The number of aromatic nitrogens is 1. The van der Waals surface area contributed by atoms with Gasteiger partial charge in [0.1, 0.15) is 6.10 Å². The van der Waals surface area contributed by atoms with Crippen molar-refractivity contribution in [3.63, 3.8) is 0 Å². The highest BCUT2D eigenvalue weighted by atomic mass is 32.2. The maximum Gasteiger partial charge on any atom is 0.490 e. The van der Waals surface area contributed by atoms with Gasteiger partial charge in [0.2, 0.25) is 10.0 Å². The van der Waals surface area contributed by atoms with Crippen LogP contribution in [0.1, 0.15) is 25.3 Å². The summed E-state index contributed by atoms with van der Waals surface area (Å²) in [6, 6.07) is 3.70. The molecule has 0 spiro atoms. The highest BCUT2D eigenvalue weighted by Crippen LogP contribution is 2.34. The minimum Gasteiger partial charge on any atom is -0.475 e. The first-order valence-corrected chi connectivity index (χ1v) is 10.6. The maximum absolute atomic E-state index is 12.3. The molecular formula is C17H23F3N2O6S. The van der Waals surface area contributed by atoms with Gasteiger partial charge >= 0.3 is 12.1 Å². The topological polar surface area (TPSA) is 106 Å². The molecule has 3 unspecified atom stereocenters. The van der Waals surface area contributed by atoms with E-state index in [0.717, 1.165) is 18.4 Å². The van der Waals surface area contributed by atoms with Crippen molar-refractivity contribution in [2.24, 2.45) is 0 Å². The molecule has 1 aliphatic heterocycles. The number of hydrogen-bond acceptors (Lipinski definition) is 6. The van der Waals surface area contributed by atoms with Gasteiger partial charge in [0.25, 0.3) is 0 Å². The summed E-state index contributed by atoms with van der Waals surface area (Å²) in [4.78, 5) is 13.0. The number of hydrogen-bond donors (Lipinski definition) is 1. The molecule has 2 fully saturated rings. The molecule has 29 heavy (non-hydrogen) atoms. The van der Waals surface area contributed by atoms with E-state index in [1.807, 2.05) is 12.1 Å². The Morgan fingerprint density at radius 1 is 1.41 bits per heavy atom. The lowest BCUT2D eigenvalue weighted by Gasteiger charge is -2.30. The highest BCUT2D eigenvalue weighted by molar-refractivity contribution is 7.89. The number of ether oxygens (including phenoxy) is 2. The van der Waals surface area contributed by atoms with Crippen LogP contribution in [0, 0.1) is 0 Å². The van der Waals surface area contributed by atoms with Gasteiger partial charge in [0.15, 0.2) is 0 Å². The van der Waals surface area contributed by atoms with Gasteiger partial charge in [0.05, 0.1) is 31.1 Å². The Balaban J connectivity index is 0.000000370. The second-order valence-corrected chi connectivity index (χ2v) is 8.72. The number of carboxylic acids is 1. The minimum absolute atomic E-state index is 0.0151. The molecule has 8 nitrogen and oxygen atoms in total. The zero-order valence-electron chi connectivity index (χ0n) is 15.7. The largest absolute Gasteiger partial charge is 0.490 e. The summed E-state index contributed by atoms with van der Waals surface area (Å²) in [6.07, 6.45) is -0.181. The molecule has 1 saturated carbocycles. The quantitative estimate of drug-likeness (QED) is 0.744. The fourth-order valence-electron chi connectivity index (χ4n) is 3.26. The predicted molar refractivity (Wildman–Crippen MR) is 95.4 cm³/mol. The Kier molecular flexibility index (Phi) is 7.97. The molecule has 2 heterocycles. The Labute approximate surface area is 166 Å². The lowest BCUT2D eigenvalue weighted by atomic mass is 10.2. The lowest BCUT2D eigenvalue weighted by molar-refractivity contribution is -0.192. The number of alkyl halides is 3. The fourth-order valence-corrected chi connectivity index (χ4v) is 4.59. The average molecular weight is 440 g/mol. The first-order chi connectivity index (χ1) is 13.6. The molecule has 164 valence electrons. The third-order valence-corrected chi connectivity index (χ3v) is 6.53. The minimum atomic E-state index is -5.08. The third kappa shape index (κ3) is 6.36. The van der Waals surface area contributed by atoms with E-state index in [1.165, 1.54) is 0 Å². The number of sulfonamides is 1. The maximum atomic E-state index is 12.3. The summed E-state index contributed by atoms with van der Waals surface area (Å²) >= 11 is 0. The van der Waals surface area contributed by atoms with Crippen LogP contribution in [0.15, 0.2) is 24.5 Å². The van der Waals surface area contributed by atoms with Crippen LogP contribution in [0.25, 0.3) is 0 Å². The van der Waals surface area contributed by atoms with E-state index in [9.17, 15) is 21.6 Å². The van der Waals surface area contributed by atoms with E-state index < -0.39 is 22.2 Å². The Hall–Kier alpha value is -1.76. The average Bonchev–Trinajstić information content (AvgIpc) is 2.94. The molecule has 1 aliphatic carbocycles. The SMILES string of the molecule is CCS(=O)(=O)N1CCOC2CCC1C2OCc1cccnc1.O=C(O)C(F)(F)F. The zero-order valence-corrected chi connectivity index (χ0v) is 16.5. The van der Waals surface area contributed by atoms with Gasteiger partial charge in [-0.05, 0) is 31.4 Å². The molecule has 0 amide bonds. The molecule has 1 aromatic heterocycles.